The molecule has 0 bridgehead atoms. The number of aromatic nitrogens is 2. The largest absolute Gasteiger partial charge is 0.207 e. The fourth-order valence-electron chi connectivity index (χ4n) is 1.37. The second kappa shape index (κ2) is 4.66. The van der Waals surface area contributed by atoms with Crippen molar-refractivity contribution < 1.29 is 4.39 Å². The van der Waals surface area contributed by atoms with E-state index in [-0.39, 0.29) is 5.83 Å². The molecule has 0 unspecified atom stereocenters. The molecule has 0 fully saturated rings. The Bertz CT molecular complexity index is 489. The highest BCUT2D eigenvalue weighted by atomic mass is 19.1. The van der Waals surface area contributed by atoms with E-state index in [0.29, 0.717) is 5.56 Å². The third-order valence-electron chi connectivity index (χ3n) is 2.21. The molecule has 2 nitrogen and oxygen atoms in total. The Morgan fingerprint density at radius 1 is 1.19 bits per heavy atom. The molecule has 0 amide bonds. The first-order chi connectivity index (χ1) is 7.81. The van der Waals surface area contributed by atoms with E-state index in [2.05, 4.69) is 17.1 Å². The van der Waals surface area contributed by atoms with Gasteiger partial charge in [-0.1, -0.05) is 24.3 Å². The number of rotatable bonds is 2. The number of hydrogen-bond donors (Lipinski definition) is 0. The first-order valence-corrected chi connectivity index (χ1v) is 4.84. The minimum atomic E-state index is -0.328. The standard InChI is InChI=1S/C13H10FN2/c1-2-12(14)10-5-7-11(8-6-10)13-4-3-9-15-16-13/h2-9H,1H2/b12-2-. The summed E-state index contributed by atoms with van der Waals surface area (Å²) in [4.78, 5) is 0. The summed E-state index contributed by atoms with van der Waals surface area (Å²) in [5.41, 5.74) is 2.20. The maximum absolute atomic E-state index is 13.2. The number of allylic oxidation sites excluding steroid dienone is 1. The van der Waals surface area contributed by atoms with Crippen LogP contribution in [0, 0.1) is 6.92 Å². The van der Waals surface area contributed by atoms with Gasteiger partial charge >= 0.3 is 0 Å². The molecule has 79 valence electrons. The number of halogens is 1. The van der Waals surface area contributed by atoms with E-state index in [9.17, 15) is 4.39 Å². The van der Waals surface area contributed by atoms with Crippen LogP contribution in [0.15, 0.2) is 48.7 Å². The number of nitrogens with zero attached hydrogens (tertiary/aromatic N) is 2. The van der Waals surface area contributed by atoms with Gasteiger partial charge in [0.2, 0.25) is 0 Å². The van der Waals surface area contributed by atoms with Crippen LogP contribution in [-0.2, 0) is 0 Å². The lowest BCUT2D eigenvalue weighted by molar-refractivity contribution is 0.760. The molecule has 3 heteroatoms. The molecule has 0 saturated carbocycles. The lowest BCUT2D eigenvalue weighted by Crippen LogP contribution is -1.86. The zero-order chi connectivity index (χ0) is 11.4. The SMILES string of the molecule is [CH2]/C=C(\F)c1ccc(-c2cccnn2)cc1. The van der Waals surface area contributed by atoms with Gasteiger partial charge in [0.1, 0.15) is 5.83 Å². The average molecular weight is 213 g/mol. The van der Waals surface area contributed by atoms with Gasteiger partial charge in [0.05, 0.1) is 5.69 Å². The Morgan fingerprint density at radius 2 is 1.94 bits per heavy atom. The molecule has 0 aliphatic rings. The van der Waals surface area contributed by atoms with Gasteiger partial charge in [-0.2, -0.15) is 10.2 Å². The summed E-state index contributed by atoms with van der Waals surface area (Å²) in [6, 6.07) is 10.7. The van der Waals surface area contributed by atoms with Gasteiger partial charge in [0, 0.05) is 17.3 Å². The summed E-state index contributed by atoms with van der Waals surface area (Å²) in [7, 11) is 0. The van der Waals surface area contributed by atoms with Crippen molar-refractivity contribution in [2.45, 2.75) is 0 Å². The highest BCUT2D eigenvalue weighted by Gasteiger charge is 2.01. The Morgan fingerprint density at radius 3 is 2.50 bits per heavy atom. The maximum Gasteiger partial charge on any atom is 0.126 e. The van der Waals surface area contributed by atoms with Crippen LogP contribution in [0.25, 0.3) is 17.1 Å². The number of benzene rings is 1. The summed E-state index contributed by atoms with van der Waals surface area (Å²) in [6.07, 6.45) is 2.81. The molecule has 0 saturated heterocycles. The molecule has 0 aliphatic heterocycles. The minimum absolute atomic E-state index is 0.328. The van der Waals surface area contributed by atoms with Crippen LogP contribution >= 0.6 is 0 Å². The molecule has 2 rings (SSSR count). The summed E-state index contributed by atoms with van der Waals surface area (Å²) < 4.78 is 13.2. The summed E-state index contributed by atoms with van der Waals surface area (Å²) in [6.45, 7) is 3.38. The van der Waals surface area contributed by atoms with Crippen molar-refractivity contribution in [3.8, 4) is 11.3 Å². The quantitative estimate of drug-likeness (QED) is 0.765. The monoisotopic (exact) mass is 213 g/mol. The average Bonchev–Trinajstić information content (AvgIpc) is 2.39. The Hall–Kier alpha value is -2.03. The Balaban J connectivity index is 2.34. The molecule has 0 atom stereocenters. The van der Waals surface area contributed by atoms with E-state index >= 15 is 0 Å². The van der Waals surface area contributed by atoms with E-state index < -0.39 is 0 Å². The van der Waals surface area contributed by atoms with E-state index in [1.807, 2.05) is 24.3 Å². The van der Waals surface area contributed by atoms with Gasteiger partial charge in [-0.15, -0.1) is 0 Å². The van der Waals surface area contributed by atoms with Gasteiger partial charge in [-0.05, 0) is 25.1 Å². The van der Waals surface area contributed by atoms with Gasteiger partial charge in [-0.3, -0.25) is 0 Å². The highest BCUT2D eigenvalue weighted by molar-refractivity contribution is 5.65. The van der Waals surface area contributed by atoms with Gasteiger partial charge in [0.15, 0.2) is 0 Å². The highest BCUT2D eigenvalue weighted by Crippen LogP contribution is 2.20. The van der Waals surface area contributed by atoms with Crippen molar-refractivity contribution in [2.24, 2.45) is 0 Å². The zero-order valence-electron chi connectivity index (χ0n) is 8.60. The first-order valence-electron chi connectivity index (χ1n) is 4.84. The zero-order valence-corrected chi connectivity index (χ0v) is 8.60. The third kappa shape index (κ3) is 2.14. The normalized spacial score (nSPS) is 11.5. The van der Waals surface area contributed by atoms with Crippen LogP contribution in [0.3, 0.4) is 0 Å². The van der Waals surface area contributed by atoms with Gasteiger partial charge in [-0.25, -0.2) is 4.39 Å². The molecular weight excluding hydrogens is 203 g/mol. The molecule has 1 aromatic carbocycles. The summed E-state index contributed by atoms with van der Waals surface area (Å²) >= 11 is 0. The van der Waals surface area contributed by atoms with Crippen LogP contribution in [0.4, 0.5) is 4.39 Å². The fourth-order valence-corrected chi connectivity index (χ4v) is 1.37. The topological polar surface area (TPSA) is 25.8 Å². The van der Waals surface area contributed by atoms with Crippen molar-refractivity contribution >= 4 is 5.83 Å². The predicted octanol–water partition coefficient (Wildman–Crippen LogP) is 3.29. The van der Waals surface area contributed by atoms with Crippen molar-refractivity contribution in [1.82, 2.24) is 10.2 Å². The lowest BCUT2D eigenvalue weighted by atomic mass is 10.1. The Kier molecular flexibility index (Phi) is 3.05. The van der Waals surface area contributed by atoms with Crippen molar-refractivity contribution in [2.75, 3.05) is 0 Å². The molecule has 1 aromatic heterocycles. The predicted molar refractivity (Wildman–Crippen MR) is 61.9 cm³/mol. The van der Waals surface area contributed by atoms with E-state index in [1.54, 1.807) is 18.3 Å². The van der Waals surface area contributed by atoms with Gasteiger partial charge in [0.25, 0.3) is 0 Å². The molecule has 1 heterocycles. The lowest BCUT2D eigenvalue weighted by Gasteiger charge is -2.01. The third-order valence-corrected chi connectivity index (χ3v) is 2.21. The second-order valence-corrected chi connectivity index (χ2v) is 3.24. The fraction of sp³-hybridized carbons (Fsp3) is 0. The van der Waals surface area contributed by atoms with Crippen molar-refractivity contribution in [3.05, 3.63) is 61.2 Å². The van der Waals surface area contributed by atoms with Crippen LogP contribution in [0.2, 0.25) is 0 Å². The van der Waals surface area contributed by atoms with E-state index in [1.165, 1.54) is 6.08 Å². The van der Waals surface area contributed by atoms with Crippen LogP contribution in [0.1, 0.15) is 5.56 Å². The van der Waals surface area contributed by atoms with E-state index in [4.69, 9.17) is 0 Å². The molecule has 0 N–H and O–H groups in total. The number of hydrogen-bond acceptors (Lipinski definition) is 2. The van der Waals surface area contributed by atoms with Crippen molar-refractivity contribution in [1.29, 1.82) is 0 Å². The maximum atomic E-state index is 13.2. The first kappa shape index (κ1) is 10.5. The molecule has 2 aromatic rings. The van der Waals surface area contributed by atoms with E-state index in [0.717, 1.165) is 11.3 Å². The molecule has 0 spiro atoms. The van der Waals surface area contributed by atoms with Crippen LogP contribution in [-0.4, -0.2) is 10.2 Å². The molecular formula is C13H10FN2. The molecule has 1 radical (unpaired) electrons. The summed E-state index contributed by atoms with van der Waals surface area (Å²) in [5.74, 6) is -0.328. The van der Waals surface area contributed by atoms with Crippen molar-refractivity contribution in [3.63, 3.8) is 0 Å². The molecule has 16 heavy (non-hydrogen) atoms. The minimum Gasteiger partial charge on any atom is -0.207 e. The van der Waals surface area contributed by atoms with Crippen LogP contribution in [0.5, 0.6) is 0 Å². The van der Waals surface area contributed by atoms with Gasteiger partial charge < -0.3 is 0 Å². The Labute approximate surface area is 93.5 Å². The summed E-state index contributed by atoms with van der Waals surface area (Å²) in [5, 5.41) is 7.76. The smallest absolute Gasteiger partial charge is 0.126 e. The second-order valence-electron chi connectivity index (χ2n) is 3.24. The molecule has 0 aliphatic carbocycles. The van der Waals surface area contributed by atoms with Crippen LogP contribution < -0.4 is 0 Å².